The molecule has 0 radical (unpaired) electrons. The molecule has 1 heterocycles. The zero-order chi connectivity index (χ0) is 12.3. The van der Waals surface area contributed by atoms with Crippen LogP contribution in [0.15, 0.2) is 18.2 Å². The molecule has 90 valence electrons. The molecule has 6 nitrogen and oxygen atoms in total. The molecule has 0 aromatic heterocycles. The smallest absolute Gasteiger partial charge is 0.313 e. The molecule has 0 saturated carbocycles. The van der Waals surface area contributed by atoms with Crippen molar-refractivity contribution in [1.29, 1.82) is 0 Å². The summed E-state index contributed by atoms with van der Waals surface area (Å²) in [5.74, 6) is -0.218. The van der Waals surface area contributed by atoms with Gasteiger partial charge in [0.2, 0.25) is 0 Å². The van der Waals surface area contributed by atoms with Crippen LogP contribution in [0, 0.1) is 0 Å². The monoisotopic (exact) mass is 236 g/mol. The molecule has 0 aliphatic carbocycles. The fourth-order valence-corrected chi connectivity index (χ4v) is 1.42. The number of likely N-dealkylation sites (N-methyl/N-ethyl adjacent to an activating group) is 1. The van der Waals surface area contributed by atoms with E-state index >= 15 is 0 Å². The van der Waals surface area contributed by atoms with E-state index in [1.807, 2.05) is 0 Å². The Morgan fingerprint density at radius 1 is 1.12 bits per heavy atom. The molecule has 1 aliphatic rings. The molecule has 1 aromatic rings. The zero-order valence-corrected chi connectivity index (χ0v) is 9.28. The lowest BCUT2D eigenvalue weighted by molar-refractivity contribution is -0.135. The summed E-state index contributed by atoms with van der Waals surface area (Å²) in [6, 6.07) is 4.96. The highest BCUT2D eigenvalue weighted by Crippen LogP contribution is 2.32. The number of hydrogen-bond donors (Lipinski definition) is 2. The predicted molar refractivity (Wildman–Crippen MR) is 60.1 cm³/mol. The fourth-order valence-electron chi connectivity index (χ4n) is 1.42. The summed E-state index contributed by atoms with van der Waals surface area (Å²) < 4.78 is 10.7. The summed E-state index contributed by atoms with van der Waals surface area (Å²) in [7, 11) is 1.39. The molecule has 1 aliphatic heterocycles. The molecule has 0 fully saturated rings. The number of fused-ring (bicyclic) bond motifs is 1. The summed E-state index contributed by atoms with van der Waals surface area (Å²) in [6.07, 6.45) is 0. The molecule has 0 bridgehead atoms. The summed E-state index contributed by atoms with van der Waals surface area (Å²) in [6.45, 7) is 0.983. The molecule has 2 rings (SSSR count). The van der Waals surface area contributed by atoms with Gasteiger partial charge in [-0.05, 0) is 12.1 Å². The topological polar surface area (TPSA) is 76.7 Å². The average molecular weight is 236 g/mol. The lowest BCUT2D eigenvalue weighted by Crippen LogP contribution is -2.32. The number of rotatable bonds is 1. The molecule has 0 saturated heterocycles. The van der Waals surface area contributed by atoms with Gasteiger partial charge >= 0.3 is 11.8 Å². The minimum absolute atomic E-state index is 0.472. The minimum atomic E-state index is -0.718. The van der Waals surface area contributed by atoms with E-state index in [9.17, 15) is 9.59 Å². The van der Waals surface area contributed by atoms with Crippen LogP contribution in [0.5, 0.6) is 11.5 Å². The number of hydrogen-bond acceptors (Lipinski definition) is 4. The first-order valence-electron chi connectivity index (χ1n) is 5.13. The maximum Gasteiger partial charge on any atom is 0.313 e. The van der Waals surface area contributed by atoms with Crippen LogP contribution in [-0.2, 0) is 9.59 Å². The number of amides is 2. The van der Waals surface area contributed by atoms with E-state index in [4.69, 9.17) is 9.47 Å². The van der Waals surface area contributed by atoms with Crippen LogP contribution >= 0.6 is 0 Å². The second-order valence-corrected chi connectivity index (χ2v) is 3.39. The quantitative estimate of drug-likeness (QED) is 0.680. The number of ether oxygens (including phenoxy) is 2. The van der Waals surface area contributed by atoms with Crippen LogP contribution in [0.3, 0.4) is 0 Å². The Labute approximate surface area is 97.9 Å². The van der Waals surface area contributed by atoms with Crippen molar-refractivity contribution in [3.63, 3.8) is 0 Å². The summed E-state index contributed by atoms with van der Waals surface area (Å²) >= 11 is 0. The van der Waals surface area contributed by atoms with Crippen LogP contribution in [0.25, 0.3) is 0 Å². The first-order valence-corrected chi connectivity index (χ1v) is 5.13. The van der Waals surface area contributed by atoms with Gasteiger partial charge in [-0.3, -0.25) is 9.59 Å². The van der Waals surface area contributed by atoms with E-state index in [0.29, 0.717) is 30.4 Å². The van der Waals surface area contributed by atoms with Gasteiger partial charge in [0.15, 0.2) is 11.5 Å². The highest BCUT2D eigenvalue weighted by atomic mass is 16.6. The summed E-state index contributed by atoms with van der Waals surface area (Å²) in [5, 5.41) is 4.70. The normalized spacial score (nSPS) is 12.8. The Bertz CT molecular complexity index is 459. The first-order chi connectivity index (χ1) is 8.20. The van der Waals surface area contributed by atoms with E-state index in [-0.39, 0.29) is 0 Å². The largest absolute Gasteiger partial charge is 0.486 e. The molecule has 0 atom stereocenters. The van der Waals surface area contributed by atoms with E-state index in [2.05, 4.69) is 10.6 Å². The molecule has 0 unspecified atom stereocenters. The molecular formula is C11H12N2O4. The SMILES string of the molecule is CNC(=O)C(=O)Nc1ccc2c(c1)OCCO2. The van der Waals surface area contributed by atoms with Gasteiger partial charge in [-0.25, -0.2) is 0 Å². The lowest BCUT2D eigenvalue weighted by Gasteiger charge is -2.18. The number of nitrogens with one attached hydrogen (secondary N) is 2. The Morgan fingerprint density at radius 3 is 2.53 bits per heavy atom. The van der Waals surface area contributed by atoms with Crippen molar-refractivity contribution in [3.05, 3.63) is 18.2 Å². The summed E-state index contributed by atoms with van der Waals surface area (Å²) in [5.41, 5.74) is 0.489. The molecule has 17 heavy (non-hydrogen) atoms. The lowest BCUT2D eigenvalue weighted by atomic mass is 10.2. The molecule has 6 heteroatoms. The molecule has 2 N–H and O–H groups in total. The average Bonchev–Trinajstić information content (AvgIpc) is 2.37. The Balaban J connectivity index is 2.12. The molecule has 1 aromatic carbocycles. The van der Waals surface area contributed by atoms with Gasteiger partial charge in [-0.1, -0.05) is 0 Å². The van der Waals surface area contributed by atoms with Crippen LogP contribution in [-0.4, -0.2) is 32.1 Å². The number of anilines is 1. The van der Waals surface area contributed by atoms with Gasteiger partial charge < -0.3 is 20.1 Å². The van der Waals surface area contributed by atoms with Gasteiger partial charge in [-0.15, -0.1) is 0 Å². The van der Waals surface area contributed by atoms with Gasteiger partial charge in [-0.2, -0.15) is 0 Å². The van der Waals surface area contributed by atoms with Gasteiger partial charge in [0.25, 0.3) is 0 Å². The minimum Gasteiger partial charge on any atom is -0.486 e. The van der Waals surface area contributed by atoms with Crippen LogP contribution in [0.1, 0.15) is 0 Å². The molecular weight excluding hydrogens is 224 g/mol. The Kier molecular flexibility index (Phi) is 3.13. The van der Waals surface area contributed by atoms with Crippen molar-refractivity contribution < 1.29 is 19.1 Å². The number of carbonyl (C=O) groups excluding carboxylic acids is 2. The van der Waals surface area contributed by atoms with Crippen molar-refractivity contribution >= 4 is 17.5 Å². The first kappa shape index (κ1) is 11.3. The zero-order valence-electron chi connectivity index (χ0n) is 9.28. The third kappa shape index (κ3) is 2.47. The standard InChI is InChI=1S/C11H12N2O4/c1-12-10(14)11(15)13-7-2-3-8-9(6-7)17-5-4-16-8/h2-3,6H,4-5H2,1H3,(H,12,14)(H,13,15). The maximum atomic E-state index is 11.3. The van der Waals surface area contributed by atoms with Crippen LogP contribution in [0.4, 0.5) is 5.69 Å². The maximum absolute atomic E-state index is 11.3. The number of benzene rings is 1. The Morgan fingerprint density at radius 2 is 1.82 bits per heavy atom. The van der Waals surface area contributed by atoms with Crippen molar-refractivity contribution in [3.8, 4) is 11.5 Å². The van der Waals surface area contributed by atoms with Crippen LogP contribution in [0.2, 0.25) is 0 Å². The molecule has 0 spiro atoms. The van der Waals surface area contributed by atoms with Crippen molar-refractivity contribution in [2.24, 2.45) is 0 Å². The highest BCUT2D eigenvalue weighted by molar-refractivity contribution is 6.39. The van der Waals surface area contributed by atoms with Crippen molar-refractivity contribution in [1.82, 2.24) is 5.32 Å². The molecule has 2 amide bonds. The van der Waals surface area contributed by atoms with Crippen LogP contribution < -0.4 is 20.1 Å². The third-order valence-corrected chi connectivity index (χ3v) is 2.23. The fraction of sp³-hybridized carbons (Fsp3) is 0.273. The van der Waals surface area contributed by atoms with Gasteiger partial charge in [0, 0.05) is 18.8 Å². The van der Waals surface area contributed by atoms with E-state index in [0.717, 1.165) is 0 Å². The van der Waals surface area contributed by atoms with E-state index in [1.165, 1.54) is 7.05 Å². The van der Waals surface area contributed by atoms with Crippen molar-refractivity contribution in [2.45, 2.75) is 0 Å². The summed E-state index contributed by atoms with van der Waals surface area (Å²) in [4.78, 5) is 22.3. The van der Waals surface area contributed by atoms with E-state index < -0.39 is 11.8 Å². The second-order valence-electron chi connectivity index (χ2n) is 3.39. The van der Waals surface area contributed by atoms with Gasteiger partial charge in [0.05, 0.1) is 0 Å². The van der Waals surface area contributed by atoms with Crippen molar-refractivity contribution in [2.75, 3.05) is 25.6 Å². The number of carbonyl (C=O) groups is 2. The Hall–Kier alpha value is -2.24. The second kappa shape index (κ2) is 4.73. The van der Waals surface area contributed by atoms with Gasteiger partial charge in [0.1, 0.15) is 13.2 Å². The predicted octanol–water partition coefficient (Wildman–Crippen LogP) is 0.142. The van der Waals surface area contributed by atoms with E-state index in [1.54, 1.807) is 18.2 Å². The highest BCUT2D eigenvalue weighted by Gasteiger charge is 2.15. The third-order valence-electron chi connectivity index (χ3n) is 2.23.